The number of benzene rings is 1. The second-order valence-corrected chi connectivity index (χ2v) is 6.67. The van der Waals surface area contributed by atoms with Gasteiger partial charge >= 0.3 is 6.18 Å². The average molecular weight is 424 g/mol. The van der Waals surface area contributed by atoms with Crippen molar-refractivity contribution in [3.8, 4) is 0 Å². The van der Waals surface area contributed by atoms with Crippen molar-refractivity contribution in [1.29, 1.82) is 0 Å². The van der Waals surface area contributed by atoms with E-state index in [-0.39, 0.29) is 5.91 Å². The smallest absolute Gasteiger partial charge is 0.416 e. The van der Waals surface area contributed by atoms with Crippen molar-refractivity contribution < 1.29 is 22.4 Å². The molecule has 164 valence electrons. The Balaban J connectivity index is 1.72. The van der Waals surface area contributed by atoms with Crippen molar-refractivity contribution >= 4 is 11.9 Å². The summed E-state index contributed by atoms with van der Waals surface area (Å²) in [5.74, 6) is 0.692. The summed E-state index contributed by atoms with van der Waals surface area (Å²) in [6, 6.07) is 6.88. The topological polar surface area (TPSA) is 78.7 Å². The summed E-state index contributed by atoms with van der Waals surface area (Å²) in [6.07, 6.45) is -1.62. The van der Waals surface area contributed by atoms with Crippen LogP contribution < -0.4 is 16.0 Å². The minimum absolute atomic E-state index is 0.247. The molecule has 0 atom stereocenters. The van der Waals surface area contributed by atoms with Crippen molar-refractivity contribution in [2.45, 2.75) is 32.9 Å². The molecule has 6 nitrogen and oxygen atoms in total. The summed E-state index contributed by atoms with van der Waals surface area (Å²) >= 11 is 0. The number of aliphatic imine (C=N–C) groups is 1. The fourth-order valence-electron chi connectivity index (χ4n) is 2.68. The molecule has 0 spiro atoms. The number of aryl methyl sites for hydroxylation is 1. The van der Waals surface area contributed by atoms with Gasteiger partial charge < -0.3 is 20.4 Å². The summed E-state index contributed by atoms with van der Waals surface area (Å²) in [5, 5.41) is 9.06. The molecular formula is C21H27F3N4O2. The Morgan fingerprint density at radius 1 is 1.07 bits per heavy atom. The lowest BCUT2D eigenvalue weighted by Gasteiger charge is -2.12. The summed E-state index contributed by atoms with van der Waals surface area (Å²) < 4.78 is 43.0. The molecule has 1 aromatic heterocycles. The molecule has 30 heavy (non-hydrogen) atoms. The van der Waals surface area contributed by atoms with Gasteiger partial charge in [-0.1, -0.05) is 12.1 Å². The quantitative estimate of drug-likeness (QED) is 0.327. The van der Waals surface area contributed by atoms with Gasteiger partial charge in [0.15, 0.2) is 11.7 Å². The molecule has 0 unspecified atom stereocenters. The fraction of sp³-hybridized carbons (Fsp3) is 0.429. The molecule has 2 aromatic rings. The minimum Gasteiger partial charge on any atom is -0.459 e. The number of hydrogen-bond acceptors (Lipinski definition) is 3. The van der Waals surface area contributed by atoms with E-state index in [0.717, 1.165) is 23.3 Å². The lowest BCUT2D eigenvalue weighted by Crippen LogP contribution is -2.38. The summed E-state index contributed by atoms with van der Waals surface area (Å²) in [4.78, 5) is 16.4. The molecule has 1 aromatic carbocycles. The first-order valence-electron chi connectivity index (χ1n) is 9.82. The number of guanidine groups is 1. The van der Waals surface area contributed by atoms with E-state index in [1.54, 1.807) is 6.07 Å². The molecule has 0 aliphatic heterocycles. The number of rotatable bonds is 9. The van der Waals surface area contributed by atoms with Gasteiger partial charge in [0, 0.05) is 31.7 Å². The predicted octanol–water partition coefficient (Wildman–Crippen LogP) is 3.52. The summed E-state index contributed by atoms with van der Waals surface area (Å²) in [5.41, 5.74) is 0.947. The molecule has 3 N–H and O–H groups in total. The third-order valence-electron chi connectivity index (χ3n) is 4.29. The highest BCUT2D eigenvalue weighted by Crippen LogP contribution is 2.29. The number of hydrogen-bond donors (Lipinski definition) is 3. The highest BCUT2D eigenvalue weighted by atomic mass is 19.4. The normalized spacial score (nSPS) is 12.0. The van der Waals surface area contributed by atoms with E-state index >= 15 is 0 Å². The van der Waals surface area contributed by atoms with Gasteiger partial charge in [0.2, 0.25) is 0 Å². The van der Waals surface area contributed by atoms with Crippen LogP contribution >= 0.6 is 0 Å². The van der Waals surface area contributed by atoms with Crippen LogP contribution in [0.15, 0.2) is 46.0 Å². The van der Waals surface area contributed by atoms with Crippen LogP contribution in [0.3, 0.4) is 0 Å². The average Bonchev–Trinajstić information content (AvgIpc) is 3.13. The Kier molecular flexibility index (Phi) is 8.76. The van der Waals surface area contributed by atoms with E-state index in [9.17, 15) is 18.0 Å². The molecule has 1 amide bonds. The van der Waals surface area contributed by atoms with Gasteiger partial charge in [-0.2, -0.15) is 13.2 Å². The van der Waals surface area contributed by atoms with Crippen LogP contribution in [0.5, 0.6) is 0 Å². The van der Waals surface area contributed by atoms with E-state index in [0.29, 0.717) is 50.7 Å². The van der Waals surface area contributed by atoms with Crippen molar-refractivity contribution in [2.24, 2.45) is 4.99 Å². The van der Waals surface area contributed by atoms with Crippen molar-refractivity contribution in [3.63, 3.8) is 0 Å². The molecule has 1 heterocycles. The maximum atomic E-state index is 12.6. The number of halogens is 3. The lowest BCUT2D eigenvalue weighted by molar-refractivity contribution is -0.137. The van der Waals surface area contributed by atoms with Crippen LogP contribution in [0.25, 0.3) is 0 Å². The number of carbonyl (C=O) groups excluding carboxylic acids is 1. The van der Waals surface area contributed by atoms with Crippen LogP contribution in [0.2, 0.25) is 0 Å². The zero-order chi connectivity index (χ0) is 22.0. The van der Waals surface area contributed by atoms with Crippen LogP contribution in [0.1, 0.15) is 40.6 Å². The Hall–Kier alpha value is -2.97. The number of nitrogens with one attached hydrogen (secondary N) is 3. The second-order valence-electron chi connectivity index (χ2n) is 6.67. The zero-order valence-electron chi connectivity index (χ0n) is 17.1. The maximum Gasteiger partial charge on any atom is 0.416 e. The van der Waals surface area contributed by atoms with Gasteiger partial charge in [-0.05, 0) is 50.5 Å². The minimum atomic E-state index is -4.32. The molecule has 0 aliphatic carbocycles. The van der Waals surface area contributed by atoms with Gasteiger partial charge in [-0.15, -0.1) is 0 Å². The zero-order valence-corrected chi connectivity index (χ0v) is 17.1. The number of nitrogens with zero attached hydrogens (tertiary/aromatic N) is 1. The molecule has 0 bridgehead atoms. The van der Waals surface area contributed by atoms with E-state index < -0.39 is 11.7 Å². The van der Waals surface area contributed by atoms with E-state index in [2.05, 4.69) is 20.9 Å². The van der Waals surface area contributed by atoms with Gasteiger partial charge in [0.1, 0.15) is 0 Å². The Morgan fingerprint density at radius 3 is 2.40 bits per heavy atom. The van der Waals surface area contributed by atoms with E-state index in [4.69, 9.17) is 4.42 Å². The maximum absolute atomic E-state index is 12.6. The van der Waals surface area contributed by atoms with Gasteiger partial charge in [0.05, 0.1) is 11.8 Å². The Bertz CT molecular complexity index is 830. The Labute approximate surface area is 174 Å². The third-order valence-corrected chi connectivity index (χ3v) is 4.29. The van der Waals surface area contributed by atoms with Crippen LogP contribution in [-0.4, -0.2) is 38.0 Å². The first-order chi connectivity index (χ1) is 14.3. The molecule has 0 saturated carbocycles. The van der Waals surface area contributed by atoms with Gasteiger partial charge in [0.25, 0.3) is 5.91 Å². The second kappa shape index (κ2) is 11.3. The summed E-state index contributed by atoms with van der Waals surface area (Å²) in [6.45, 7) is 5.94. The number of carbonyl (C=O) groups is 1. The third kappa shape index (κ3) is 7.46. The monoisotopic (exact) mass is 424 g/mol. The SMILES string of the molecule is CCNC(=NCCCNC(=O)c1occc1C)NCCc1ccc(C(F)(F)F)cc1. The molecule has 0 saturated heterocycles. The van der Waals surface area contributed by atoms with Crippen LogP contribution in [-0.2, 0) is 12.6 Å². The van der Waals surface area contributed by atoms with Gasteiger partial charge in [-0.3, -0.25) is 9.79 Å². The lowest BCUT2D eigenvalue weighted by atomic mass is 10.1. The first-order valence-corrected chi connectivity index (χ1v) is 9.82. The molecular weight excluding hydrogens is 397 g/mol. The largest absolute Gasteiger partial charge is 0.459 e. The molecule has 0 fully saturated rings. The highest BCUT2D eigenvalue weighted by molar-refractivity contribution is 5.92. The van der Waals surface area contributed by atoms with Crippen molar-refractivity contribution in [1.82, 2.24) is 16.0 Å². The van der Waals surface area contributed by atoms with Crippen molar-refractivity contribution in [3.05, 3.63) is 59.0 Å². The predicted molar refractivity (Wildman–Crippen MR) is 110 cm³/mol. The van der Waals surface area contributed by atoms with Crippen molar-refractivity contribution in [2.75, 3.05) is 26.2 Å². The number of alkyl halides is 3. The van der Waals surface area contributed by atoms with E-state index in [1.807, 2.05) is 13.8 Å². The van der Waals surface area contributed by atoms with Gasteiger partial charge in [-0.25, -0.2) is 0 Å². The van der Waals surface area contributed by atoms with E-state index in [1.165, 1.54) is 18.4 Å². The highest BCUT2D eigenvalue weighted by Gasteiger charge is 2.29. The standard InChI is InChI=1S/C21H27F3N4O2/c1-3-25-20(27-12-4-11-26-19(29)18-15(2)10-14-30-18)28-13-9-16-5-7-17(8-6-16)21(22,23)24/h5-8,10,14H,3-4,9,11-13H2,1-2H3,(H,26,29)(H2,25,27,28). The molecule has 2 rings (SSSR count). The van der Waals surface area contributed by atoms with Crippen LogP contribution in [0, 0.1) is 6.92 Å². The number of amides is 1. The van der Waals surface area contributed by atoms with Crippen LogP contribution in [0.4, 0.5) is 13.2 Å². The fourth-order valence-corrected chi connectivity index (χ4v) is 2.68. The molecule has 0 aliphatic rings. The molecule has 0 radical (unpaired) electrons. The first kappa shape index (κ1) is 23.3. The molecule has 9 heteroatoms. The number of furan rings is 1. The Morgan fingerprint density at radius 2 is 1.80 bits per heavy atom. The summed E-state index contributed by atoms with van der Waals surface area (Å²) in [7, 11) is 0.